The summed E-state index contributed by atoms with van der Waals surface area (Å²) in [7, 11) is 0. The third kappa shape index (κ3) is 4.39. The molecular formula is C10H14O5. The molecule has 0 spiro atoms. The van der Waals surface area contributed by atoms with Gasteiger partial charge in [-0.15, -0.1) is 0 Å². The number of carboxylic acid groups (broad SMARTS) is 1. The molecule has 15 heavy (non-hydrogen) atoms. The van der Waals surface area contributed by atoms with Gasteiger partial charge in [-0.05, 0) is 13.3 Å². The molecule has 84 valence electrons. The molecule has 0 aliphatic carbocycles. The fourth-order valence-corrected chi connectivity index (χ4v) is 0.875. The zero-order valence-electron chi connectivity index (χ0n) is 8.56. The van der Waals surface area contributed by atoms with Crippen molar-refractivity contribution in [3.8, 4) is 0 Å². The van der Waals surface area contributed by atoms with E-state index in [4.69, 9.17) is 9.84 Å². The molecule has 0 bridgehead atoms. The lowest BCUT2D eigenvalue weighted by Gasteiger charge is -2.19. The molecule has 5 heteroatoms. The molecule has 0 aromatic rings. The van der Waals surface area contributed by atoms with Gasteiger partial charge in [0.1, 0.15) is 18.3 Å². The Balaban J connectivity index is 4.39. The van der Waals surface area contributed by atoms with Gasteiger partial charge in [0.15, 0.2) is 0 Å². The summed E-state index contributed by atoms with van der Waals surface area (Å²) in [5.74, 6) is -1.78. The first kappa shape index (κ1) is 13.4. The van der Waals surface area contributed by atoms with Crippen LogP contribution in [0.15, 0.2) is 12.7 Å². The van der Waals surface area contributed by atoms with Gasteiger partial charge in [0, 0.05) is 6.42 Å². The molecule has 0 aromatic heterocycles. The van der Waals surface area contributed by atoms with Gasteiger partial charge in [0.2, 0.25) is 0 Å². The highest BCUT2D eigenvalue weighted by Crippen LogP contribution is 2.22. The Morgan fingerprint density at radius 1 is 1.53 bits per heavy atom. The van der Waals surface area contributed by atoms with Crippen LogP contribution in [-0.4, -0.2) is 29.9 Å². The number of hydrogen-bond acceptors (Lipinski definition) is 4. The van der Waals surface area contributed by atoms with E-state index in [-0.39, 0.29) is 19.4 Å². The molecule has 0 fully saturated rings. The first-order chi connectivity index (χ1) is 6.96. The van der Waals surface area contributed by atoms with Crippen molar-refractivity contribution in [2.75, 3.05) is 6.61 Å². The summed E-state index contributed by atoms with van der Waals surface area (Å²) in [5, 5.41) is 8.45. The van der Waals surface area contributed by atoms with Gasteiger partial charge < -0.3 is 14.6 Å². The van der Waals surface area contributed by atoms with E-state index in [1.54, 1.807) is 0 Å². The Morgan fingerprint density at radius 2 is 2.13 bits per heavy atom. The number of rotatable bonds is 7. The molecular weight excluding hydrogens is 200 g/mol. The smallest absolute Gasteiger partial charge is 0.319 e. The average Bonchev–Trinajstić information content (AvgIpc) is 2.22. The molecule has 1 unspecified atom stereocenters. The van der Waals surface area contributed by atoms with Crippen LogP contribution in [0.25, 0.3) is 0 Å². The second-order valence-electron chi connectivity index (χ2n) is 3.32. The van der Waals surface area contributed by atoms with Gasteiger partial charge in [-0.3, -0.25) is 9.59 Å². The predicted molar refractivity (Wildman–Crippen MR) is 52.2 cm³/mol. The lowest BCUT2D eigenvalue weighted by Crippen LogP contribution is -2.32. The molecule has 0 aliphatic heterocycles. The second kappa shape index (κ2) is 5.95. The Morgan fingerprint density at radius 3 is 2.53 bits per heavy atom. The van der Waals surface area contributed by atoms with Gasteiger partial charge in [0.25, 0.3) is 0 Å². The van der Waals surface area contributed by atoms with E-state index in [0.717, 1.165) is 0 Å². The highest BCUT2D eigenvalue weighted by atomic mass is 16.5. The Hall–Kier alpha value is -1.65. The van der Waals surface area contributed by atoms with Gasteiger partial charge in [-0.1, -0.05) is 12.7 Å². The summed E-state index contributed by atoms with van der Waals surface area (Å²) >= 11 is 0. The number of ether oxygens (including phenoxy) is 1. The van der Waals surface area contributed by atoms with Crippen molar-refractivity contribution in [1.82, 2.24) is 0 Å². The van der Waals surface area contributed by atoms with Crippen LogP contribution in [0.4, 0.5) is 0 Å². The molecule has 0 heterocycles. The number of aldehydes is 1. The Labute approximate surface area is 87.7 Å². The van der Waals surface area contributed by atoms with E-state index in [1.165, 1.54) is 13.0 Å². The maximum atomic E-state index is 11.4. The van der Waals surface area contributed by atoms with Crippen molar-refractivity contribution >= 4 is 18.2 Å². The minimum absolute atomic E-state index is 0.00926. The van der Waals surface area contributed by atoms with Crippen molar-refractivity contribution in [2.24, 2.45) is 5.41 Å². The maximum Gasteiger partial charge on any atom is 0.319 e. The zero-order chi connectivity index (χ0) is 11.9. The molecule has 0 aromatic carbocycles. The molecule has 0 amide bonds. The number of carbonyl (C=O) groups is 3. The average molecular weight is 214 g/mol. The van der Waals surface area contributed by atoms with Gasteiger partial charge >= 0.3 is 11.9 Å². The molecule has 0 aliphatic rings. The van der Waals surface area contributed by atoms with Gasteiger partial charge in [0.05, 0.1) is 0 Å². The lowest BCUT2D eigenvalue weighted by atomic mass is 9.87. The van der Waals surface area contributed by atoms with Crippen molar-refractivity contribution in [3.63, 3.8) is 0 Å². The monoisotopic (exact) mass is 214 g/mol. The number of carboxylic acids is 1. The summed E-state index contributed by atoms with van der Waals surface area (Å²) in [5.41, 5.74) is -1.39. The van der Waals surface area contributed by atoms with Gasteiger partial charge in [-0.25, -0.2) is 0 Å². The highest BCUT2D eigenvalue weighted by molar-refractivity contribution is 5.93. The molecule has 0 saturated heterocycles. The second-order valence-corrected chi connectivity index (χ2v) is 3.32. The number of esters is 1. The quantitative estimate of drug-likeness (QED) is 0.293. The van der Waals surface area contributed by atoms with E-state index < -0.39 is 17.4 Å². The number of carbonyl (C=O) groups excluding carboxylic acids is 2. The van der Waals surface area contributed by atoms with Crippen molar-refractivity contribution in [2.45, 2.75) is 19.8 Å². The summed E-state index contributed by atoms with van der Waals surface area (Å²) in [6, 6.07) is 0. The predicted octanol–water partition coefficient (Wildman–Crippen LogP) is 0.786. The van der Waals surface area contributed by atoms with Crippen LogP contribution < -0.4 is 0 Å². The minimum atomic E-state index is -1.39. The van der Waals surface area contributed by atoms with Crippen LogP contribution in [0.3, 0.4) is 0 Å². The largest absolute Gasteiger partial charge is 0.481 e. The molecule has 0 rings (SSSR count). The van der Waals surface area contributed by atoms with Gasteiger partial charge in [-0.2, -0.15) is 0 Å². The van der Waals surface area contributed by atoms with Crippen LogP contribution in [-0.2, 0) is 19.1 Å². The SMILES string of the molecule is C=CCOC(=O)C(C)(C=O)CCC(=O)O. The van der Waals surface area contributed by atoms with Crippen LogP contribution in [0.2, 0.25) is 0 Å². The number of hydrogen-bond donors (Lipinski definition) is 1. The summed E-state index contributed by atoms with van der Waals surface area (Å²) < 4.78 is 4.70. The lowest BCUT2D eigenvalue weighted by molar-refractivity contribution is -0.156. The topological polar surface area (TPSA) is 80.7 Å². The van der Waals surface area contributed by atoms with Crippen molar-refractivity contribution < 1.29 is 24.2 Å². The summed E-state index contributed by atoms with van der Waals surface area (Å²) in [6.45, 7) is 4.72. The summed E-state index contributed by atoms with van der Waals surface area (Å²) in [6.07, 6.45) is 1.47. The molecule has 0 radical (unpaired) electrons. The molecule has 1 atom stereocenters. The molecule has 1 N–H and O–H groups in total. The van der Waals surface area contributed by atoms with E-state index in [2.05, 4.69) is 6.58 Å². The standard InChI is InChI=1S/C10H14O5/c1-3-6-15-9(14)10(2,7-11)5-4-8(12)13/h3,7H,1,4-6H2,2H3,(H,12,13). The van der Waals surface area contributed by atoms with Crippen molar-refractivity contribution in [1.29, 1.82) is 0 Å². The highest BCUT2D eigenvalue weighted by Gasteiger charge is 2.34. The van der Waals surface area contributed by atoms with Crippen LogP contribution in [0, 0.1) is 5.41 Å². The first-order valence-corrected chi connectivity index (χ1v) is 4.42. The minimum Gasteiger partial charge on any atom is -0.481 e. The molecule has 0 saturated carbocycles. The number of aliphatic carboxylic acids is 1. The third-order valence-corrected chi connectivity index (χ3v) is 1.92. The fraction of sp³-hybridized carbons (Fsp3) is 0.500. The normalized spacial score (nSPS) is 13.7. The Kier molecular flexibility index (Phi) is 5.30. The van der Waals surface area contributed by atoms with E-state index in [1.807, 2.05) is 0 Å². The van der Waals surface area contributed by atoms with E-state index in [9.17, 15) is 14.4 Å². The Bertz CT molecular complexity index is 271. The van der Waals surface area contributed by atoms with Crippen LogP contribution in [0.1, 0.15) is 19.8 Å². The fourth-order valence-electron chi connectivity index (χ4n) is 0.875. The van der Waals surface area contributed by atoms with Crippen LogP contribution in [0.5, 0.6) is 0 Å². The first-order valence-electron chi connectivity index (χ1n) is 4.42. The van der Waals surface area contributed by atoms with E-state index >= 15 is 0 Å². The molecule has 5 nitrogen and oxygen atoms in total. The third-order valence-electron chi connectivity index (χ3n) is 1.92. The van der Waals surface area contributed by atoms with E-state index in [0.29, 0.717) is 6.29 Å². The summed E-state index contributed by atoms with van der Waals surface area (Å²) in [4.78, 5) is 32.4. The van der Waals surface area contributed by atoms with Crippen LogP contribution >= 0.6 is 0 Å². The van der Waals surface area contributed by atoms with Crippen molar-refractivity contribution in [3.05, 3.63) is 12.7 Å². The zero-order valence-corrected chi connectivity index (χ0v) is 8.56. The maximum absolute atomic E-state index is 11.4.